The van der Waals surface area contributed by atoms with Gasteiger partial charge in [0.25, 0.3) is 0 Å². The summed E-state index contributed by atoms with van der Waals surface area (Å²) in [5.41, 5.74) is 9.96. The van der Waals surface area contributed by atoms with Crippen molar-refractivity contribution in [2.45, 2.75) is 31.2 Å². The number of nitrogens with zero attached hydrogens (tertiary/aromatic N) is 1. The van der Waals surface area contributed by atoms with Crippen LogP contribution in [-0.4, -0.2) is 15.1 Å². The smallest absolute Gasteiger partial charge is 0.0643 e. The lowest BCUT2D eigenvalue weighted by Crippen LogP contribution is -2.22. The Morgan fingerprint density at radius 1 is 1.35 bits per heavy atom. The molecule has 1 aliphatic rings. The maximum Gasteiger partial charge on any atom is 0.0643 e. The summed E-state index contributed by atoms with van der Waals surface area (Å²) >= 11 is 0. The number of hydrogen-bond donors (Lipinski definition) is 2. The van der Waals surface area contributed by atoms with Gasteiger partial charge in [0, 0.05) is 24.5 Å². The number of H-pyrrole nitrogens is 1. The molecule has 2 aromatic heterocycles. The Morgan fingerprint density at radius 3 is 2.82 bits per heavy atom. The molecule has 17 heavy (non-hydrogen) atoms. The Hall–Kier alpha value is -1.48. The fourth-order valence-electron chi connectivity index (χ4n) is 2.27. The summed E-state index contributed by atoms with van der Waals surface area (Å²) < 4.78 is 2.13. The van der Waals surface area contributed by atoms with E-state index in [1.54, 1.807) is 0 Å². The summed E-state index contributed by atoms with van der Waals surface area (Å²) in [4.78, 5) is 3.48. The van der Waals surface area contributed by atoms with E-state index in [2.05, 4.69) is 47.1 Å². The first-order chi connectivity index (χ1) is 8.16. The lowest BCUT2D eigenvalue weighted by molar-refractivity contribution is 0.604. The Kier molecular flexibility index (Phi) is 2.37. The SMILES string of the molecule is Cn1cccc1-c1ccc(CCC2(N)CC2)[nH]1. The highest BCUT2D eigenvalue weighted by Crippen LogP contribution is 2.36. The molecule has 3 heteroatoms. The first-order valence-electron chi connectivity index (χ1n) is 6.25. The summed E-state index contributed by atoms with van der Waals surface area (Å²) in [7, 11) is 2.06. The first-order valence-corrected chi connectivity index (χ1v) is 6.25. The Bertz CT molecular complexity index is 517. The zero-order valence-corrected chi connectivity index (χ0v) is 10.2. The topological polar surface area (TPSA) is 46.7 Å². The highest BCUT2D eigenvalue weighted by atomic mass is 14.9. The Morgan fingerprint density at radius 2 is 2.18 bits per heavy atom. The molecular formula is C14H19N3. The molecule has 0 amide bonds. The fraction of sp³-hybridized carbons (Fsp3) is 0.429. The van der Waals surface area contributed by atoms with E-state index >= 15 is 0 Å². The molecule has 2 heterocycles. The first kappa shape index (κ1) is 10.7. The van der Waals surface area contributed by atoms with Crippen LogP contribution in [0.3, 0.4) is 0 Å². The van der Waals surface area contributed by atoms with Gasteiger partial charge in [-0.3, -0.25) is 0 Å². The molecule has 0 unspecified atom stereocenters. The van der Waals surface area contributed by atoms with Crippen LogP contribution in [0.15, 0.2) is 30.5 Å². The largest absolute Gasteiger partial charge is 0.357 e. The van der Waals surface area contributed by atoms with Crippen molar-refractivity contribution in [2.75, 3.05) is 0 Å². The minimum atomic E-state index is 0.149. The number of nitrogens with one attached hydrogen (secondary N) is 1. The Labute approximate surface area is 102 Å². The van der Waals surface area contributed by atoms with Crippen LogP contribution >= 0.6 is 0 Å². The highest BCUT2D eigenvalue weighted by molar-refractivity contribution is 5.56. The molecule has 3 rings (SSSR count). The lowest BCUT2D eigenvalue weighted by atomic mass is 10.1. The average molecular weight is 229 g/mol. The quantitative estimate of drug-likeness (QED) is 0.831. The molecule has 1 saturated carbocycles. The molecule has 0 bridgehead atoms. The van der Waals surface area contributed by atoms with Crippen molar-refractivity contribution >= 4 is 0 Å². The van der Waals surface area contributed by atoms with E-state index in [1.165, 1.54) is 29.9 Å². The average Bonchev–Trinajstić information content (AvgIpc) is 2.75. The van der Waals surface area contributed by atoms with Crippen LogP contribution in [0.25, 0.3) is 11.4 Å². The van der Waals surface area contributed by atoms with Gasteiger partial charge >= 0.3 is 0 Å². The van der Waals surface area contributed by atoms with E-state index in [0.29, 0.717) is 0 Å². The van der Waals surface area contributed by atoms with Gasteiger partial charge in [-0.15, -0.1) is 0 Å². The molecule has 0 saturated heterocycles. The molecule has 3 nitrogen and oxygen atoms in total. The molecule has 90 valence electrons. The summed E-state index contributed by atoms with van der Waals surface area (Å²) in [6, 6.07) is 8.52. The van der Waals surface area contributed by atoms with E-state index in [-0.39, 0.29) is 5.54 Å². The van der Waals surface area contributed by atoms with Gasteiger partial charge in [-0.1, -0.05) is 0 Å². The highest BCUT2D eigenvalue weighted by Gasteiger charge is 2.37. The van der Waals surface area contributed by atoms with E-state index in [0.717, 1.165) is 12.8 Å². The van der Waals surface area contributed by atoms with Gasteiger partial charge in [0.2, 0.25) is 0 Å². The zero-order valence-electron chi connectivity index (χ0n) is 10.2. The standard InChI is InChI=1S/C14H19N3/c1-17-10-2-3-13(17)12-5-4-11(16-12)6-7-14(15)8-9-14/h2-5,10,16H,6-9,15H2,1H3. The van der Waals surface area contributed by atoms with Crippen LogP contribution in [0, 0.1) is 0 Å². The van der Waals surface area contributed by atoms with Crippen molar-refractivity contribution in [2.24, 2.45) is 12.8 Å². The summed E-state index contributed by atoms with van der Waals surface area (Å²) in [6.45, 7) is 0. The second kappa shape index (κ2) is 3.77. The lowest BCUT2D eigenvalue weighted by Gasteiger charge is -2.06. The normalized spacial score (nSPS) is 17.3. The second-order valence-electron chi connectivity index (χ2n) is 5.26. The minimum absolute atomic E-state index is 0.149. The zero-order chi connectivity index (χ0) is 11.9. The van der Waals surface area contributed by atoms with Gasteiger partial charge in [0.1, 0.15) is 0 Å². The van der Waals surface area contributed by atoms with Crippen LogP contribution in [0.2, 0.25) is 0 Å². The summed E-state index contributed by atoms with van der Waals surface area (Å²) in [5.74, 6) is 0. The van der Waals surface area contributed by atoms with Crippen LogP contribution < -0.4 is 5.73 Å². The monoisotopic (exact) mass is 229 g/mol. The molecule has 0 aromatic carbocycles. The number of rotatable bonds is 4. The van der Waals surface area contributed by atoms with Gasteiger partial charge in [0.05, 0.1) is 11.4 Å². The van der Waals surface area contributed by atoms with Gasteiger partial charge in [-0.25, -0.2) is 0 Å². The number of aromatic nitrogens is 2. The van der Waals surface area contributed by atoms with Gasteiger partial charge in [-0.05, 0) is 49.9 Å². The van der Waals surface area contributed by atoms with Crippen LogP contribution in [0.4, 0.5) is 0 Å². The molecular weight excluding hydrogens is 210 g/mol. The van der Waals surface area contributed by atoms with Crippen molar-refractivity contribution in [1.29, 1.82) is 0 Å². The third kappa shape index (κ3) is 2.15. The molecule has 0 atom stereocenters. The van der Waals surface area contributed by atoms with Crippen LogP contribution in [0.5, 0.6) is 0 Å². The van der Waals surface area contributed by atoms with Crippen molar-refractivity contribution in [3.63, 3.8) is 0 Å². The third-order valence-electron chi connectivity index (χ3n) is 3.75. The summed E-state index contributed by atoms with van der Waals surface area (Å²) in [5, 5.41) is 0. The molecule has 2 aromatic rings. The number of aryl methyl sites for hydroxylation is 2. The molecule has 0 spiro atoms. The van der Waals surface area contributed by atoms with Crippen molar-refractivity contribution in [1.82, 2.24) is 9.55 Å². The second-order valence-corrected chi connectivity index (χ2v) is 5.26. The summed E-state index contributed by atoms with van der Waals surface area (Å²) in [6.07, 6.45) is 6.60. The van der Waals surface area contributed by atoms with E-state index in [9.17, 15) is 0 Å². The number of hydrogen-bond acceptors (Lipinski definition) is 1. The van der Waals surface area contributed by atoms with Crippen molar-refractivity contribution in [3.05, 3.63) is 36.2 Å². The third-order valence-corrected chi connectivity index (χ3v) is 3.75. The fourth-order valence-corrected chi connectivity index (χ4v) is 2.27. The molecule has 0 aliphatic heterocycles. The van der Waals surface area contributed by atoms with Gasteiger partial charge in [-0.2, -0.15) is 0 Å². The van der Waals surface area contributed by atoms with Crippen molar-refractivity contribution in [3.8, 4) is 11.4 Å². The van der Waals surface area contributed by atoms with Gasteiger partial charge < -0.3 is 15.3 Å². The molecule has 1 fully saturated rings. The molecule has 0 radical (unpaired) electrons. The molecule has 1 aliphatic carbocycles. The predicted molar refractivity (Wildman–Crippen MR) is 69.7 cm³/mol. The van der Waals surface area contributed by atoms with Crippen molar-refractivity contribution < 1.29 is 0 Å². The maximum absolute atomic E-state index is 6.10. The number of aromatic amines is 1. The maximum atomic E-state index is 6.10. The van der Waals surface area contributed by atoms with Gasteiger partial charge in [0.15, 0.2) is 0 Å². The Balaban J connectivity index is 1.72. The molecule has 3 N–H and O–H groups in total. The van der Waals surface area contributed by atoms with E-state index in [4.69, 9.17) is 5.73 Å². The predicted octanol–water partition coefficient (Wildman–Crippen LogP) is 2.44. The van der Waals surface area contributed by atoms with Crippen LogP contribution in [-0.2, 0) is 13.5 Å². The van der Waals surface area contributed by atoms with E-state index < -0.39 is 0 Å². The van der Waals surface area contributed by atoms with Crippen LogP contribution in [0.1, 0.15) is 25.0 Å². The number of nitrogens with two attached hydrogens (primary N) is 1. The minimum Gasteiger partial charge on any atom is -0.357 e. The van der Waals surface area contributed by atoms with E-state index in [1.807, 2.05) is 0 Å².